The first-order chi connectivity index (χ1) is 13.5. The van der Waals surface area contributed by atoms with Crippen molar-refractivity contribution in [2.45, 2.75) is 13.0 Å². The van der Waals surface area contributed by atoms with Crippen molar-refractivity contribution in [3.8, 4) is 0 Å². The van der Waals surface area contributed by atoms with Crippen molar-refractivity contribution in [2.24, 2.45) is 10.7 Å². The summed E-state index contributed by atoms with van der Waals surface area (Å²) in [5.41, 5.74) is 8.39. The van der Waals surface area contributed by atoms with Gasteiger partial charge in [0.25, 0.3) is 11.8 Å². The van der Waals surface area contributed by atoms with Crippen LogP contribution in [0.15, 0.2) is 84.0 Å². The fourth-order valence-corrected chi connectivity index (χ4v) is 2.61. The Morgan fingerprint density at radius 1 is 0.929 bits per heavy atom. The molecule has 6 nitrogen and oxygen atoms in total. The summed E-state index contributed by atoms with van der Waals surface area (Å²) in [6, 6.07) is 20.4. The highest BCUT2D eigenvalue weighted by Gasteiger charge is 2.23. The van der Waals surface area contributed by atoms with Gasteiger partial charge in [-0.2, -0.15) is 4.99 Å². The zero-order valence-electron chi connectivity index (χ0n) is 15.4. The molecule has 0 spiro atoms. The Morgan fingerprint density at radius 2 is 1.57 bits per heavy atom. The summed E-state index contributed by atoms with van der Waals surface area (Å²) < 4.78 is 0. The predicted octanol–water partition coefficient (Wildman–Crippen LogP) is 2.79. The molecule has 0 bridgehead atoms. The number of amidine groups is 1. The van der Waals surface area contributed by atoms with Crippen LogP contribution >= 0.6 is 0 Å². The molecular weight excluding hydrogens is 352 g/mol. The summed E-state index contributed by atoms with van der Waals surface area (Å²) in [6.45, 7) is 1.83. The Hall–Kier alpha value is -3.80. The van der Waals surface area contributed by atoms with E-state index in [1.165, 1.54) is 6.20 Å². The molecule has 1 aromatic heterocycles. The van der Waals surface area contributed by atoms with Crippen molar-refractivity contribution >= 4 is 17.6 Å². The minimum absolute atomic E-state index is 0.0952. The summed E-state index contributed by atoms with van der Waals surface area (Å²) in [4.78, 5) is 33.6. The lowest BCUT2D eigenvalue weighted by molar-refractivity contribution is -0.119. The molecule has 0 radical (unpaired) electrons. The molecule has 2 amide bonds. The van der Waals surface area contributed by atoms with Crippen LogP contribution in [0.25, 0.3) is 0 Å². The van der Waals surface area contributed by atoms with Gasteiger partial charge in [-0.3, -0.25) is 14.6 Å². The van der Waals surface area contributed by atoms with E-state index >= 15 is 0 Å². The third-order valence-corrected chi connectivity index (χ3v) is 4.13. The highest BCUT2D eigenvalue weighted by Crippen LogP contribution is 2.16. The molecule has 0 aliphatic heterocycles. The van der Waals surface area contributed by atoms with Crippen molar-refractivity contribution in [2.75, 3.05) is 0 Å². The van der Waals surface area contributed by atoms with Gasteiger partial charge in [0.1, 0.15) is 11.9 Å². The molecule has 1 unspecified atom stereocenters. The smallest absolute Gasteiger partial charge is 0.274 e. The lowest BCUT2D eigenvalue weighted by Crippen LogP contribution is -2.34. The molecule has 1 atom stereocenters. The highest BCUT2D eigenvalue weighted by atomic mass is 16.2. The molecule has 6 heteroatoms. The number of carbonyl (C=O) groups is 2. The van der Waals surface area contributed by atoms with E-state index < -0.39 is 17.9 Å². The van der Waals surface area contributed by atoms with Gasteiger partial charge in [0, 0.05) is 17.5 Å². The number of nitrogens with zero attached hydrogens (tertiary/aromatic N) is 2. The Bertz CT molecular complexity index is 984. The van der Waals surface area contributed by atoms with E-state index in [0.29, 0.717) is 16.7 Å². The maximum Gasteiger partial charge on any atom is 0.274 e. The first-order valence-electron chi connectivity index (χ1n) is 8.76. The van der Waals surface area contributed by atoms with Gasteiger partial charge in [0.15, 0.2) is 0 Å². The predicted molar refractivity (Wildman–Crippen MR) is 108 cm³/mol. The second kappa shape index (κ2) is 8.73. The van der Waals surface area contributed by atoms with Crippen LogP contribution in [-0.2, 0) is 4.79 Å². The zero-order valence-corrected chi connectivity index (χ0v) is 15.4. The number of aryl methyl sites for hydroxylation is 1. The molecular formula is C22H20N4O2. The van der Waals surface area contributed by atoms with Crippen LogP contribution < -0.4 is 11.1 Å². The lowest BCUT2D eigenvalue weighted by atomic mass is 10.1. The molecule has 0 aliphatic carbocycles. The third-order valence-electron chi connectivity index (χ3n) is 4.13. The van der Waals surface area contributed by atoms with E-state index in [2.05, 4.69) is 15.3 Å². The molecule has 0 aliphatic rings. The number of aromatic nitrogens is 1. The van der Waals surface area contributed by atoms with Crippen LogP contribution in [0.1, 0.15) is 33.2 Å². The normalized spacial score (nSPS) is 12.2. The van der Waals surface area contributed by atoms with Gasteiger partial charge in [-0.15, -0.1) is 0 Å². The quantitative estimate of drug-likeness (QED) is 0.531. The molecule has 2 aromatic carbocycles. The van der Waals surface area contributed by atoms with Crippen LogP contribution in [0.3, 0.4) is 0 Å². The van der Waals surface area contributed by atoms with E-state index in [9.17, 15) is 9.59 Å². The van der Waals surface area contributed by atoms with Crippen LogP contribution in [0.2, 0.25) is 0 Å². The molecule has 3 N–H and O–H groups in total. The maximum atomic E-state index is 12.9. The van der Waals surface area contributed by atoms with Gasteiger partial charge in [0.2, 0.25) is 0 Å². The van der Waals surface area contributed by atoms with Gasteiger partial charge < -0.3 is 11.1 Å². The van der Waals surface area contributed by atoms with Crippen molar-refractivity contribution in [1.29, 1.82) is 0 Å². The average molecular weight is 372 g/mol. The van der Waals surface area contributed by atoms with E-state index in [4.69, 9.17) is 5.73 Å². The summed E-state index contributed by atoms with van der Waals surface area (Å²) in [6.07, 6.45) is 1.47. The van der Waals surface area contributed by atoms with E-state index in [-0.39, 0.29) is 5.84 Å². The number of hydrogen-bond donors (Lipinski definition) is 2. The highest BCUT2D eigenvalue weighted by molar-refractivity contribution is 6.06. The molecule has 0 fully saturated rings. The summed E-state index contributed by atoms with van der Waals surface area (Å²) >= 11 is 0. The first-order valence-corrected chi connectivity index (χ1v) is 8.76. The number of amides is 2. The van der Waals surface area contributed by atoms with Crippen LogP contribution in [0.5, 0.6) is 0 Å². The second-order valence-electron chi connectivity index (χ2n) is 6.21. The third kappa shape index (κ3) is 4.67. The lowest BCUT2D eigenvalue weighted by Gasteiger charge is -2.16. The van der Waals surface area contributed by atoms with Crippen molar-refractivity contribution < 1.29 is 9.59 Å². The zero-order chi connectivity index (χ0) is 19.9. The fourth-order valence-electron chi connectivity index (χ4n) is 2.61. The Morgan fingerprint density at radius 3 is 2.18 bits per heavy atom. The van der Waals surface area contributed by atoms with Crippen molar-refractivity contribution in [3.05, 3.63) is 101 Å². The van der Waals surface area contributed by atoms with Crippen LogP contribution in [-0.4, -0.2) is 22.6 Å². The van der Waals surface area contributed by atoms with E-state index in [1.54, 1.807) is 48.5 Å². The Balaban J connectivity index is 1.88. The average Bonchev–Trinajstić information content (AvgIpc) is 2.73. The Kier molecular flexibility index (Phi) is 5.91. The number of benzene rings is 2. The number of pyridine rings is 1. The number of nitrogens with two attached hydrogens (primary N) is 1. The van der Waals surface area contributed by atoms with Gasteiger partial charge in [-0.05, 0) is 24.6 Å². The largest absolute Gasteiger partial charge is 0.383 e. The molecule has 140 valence electrons. The van der Waals surface area contributed by atoms with Crippen LogP contribution in [0, 0.1) is 6.92 Å². The number of carbonyl (C=O) groups excluding carboxylic acids is 2. The summed E-state index contributed by atoms with van der Waals surface area (Å²) in [5, 5.41) is 2.73. The summed E-state index contributed by atoms with van der Waals surface area (Å²) in [7, 11) is 0. The molecule has 1 heterocycles. The van der Waals surface area contributed by atoms with Crippen molar-refractivity contribution in [3.63, 3.8) is 0 Å². The topological polar surface area (TPSA) is 97.4 Å². The number of aliphatic imine (C=N–C) groups is 1. The van der Waals surface area contributed by atoms with Gasteiger partial charge in [-0.1, -0.05) is 60.7 Å². The molecule has 3 rings (SSSR count). The Labute approximate surface area is 163 Å². The summed E-state index contributed by atoms with van der Waals surface area (Å²) in [5.74, 6) is -0.873. The van der Waals surface area contributed by atoms with E-state index in [1.807, 2.05) is 31.2 Å². The first kappa shape index (κ1) is 19.0. The maximum absolute atomic E-state index is 12.9. The monoisotopic (exact) mass is 372 g/mol. The van der Waals surface area contributed by atoms with Gasteiger partial charge in [-0.25, -0.2) is 0 Å². The van der Waals surface area contributed by atoms with E-state index in [0.717, 1.165) is 5.69 Å². The second-order valence-corrected chi connectivity index (χ2v) is 6.21. The van der Waals surface area contributed by atoms with Crippen LogP contribution in [0.4, 0.5) is 0 Å². The molecule has 3 aromatic rings. The van der Waals surface area contributed by atoms with Gasteiger partial charge >= 0.3 is 0 Å². The SMILES string of the molecule is Cc1ccc(C(=O)NC(C(=O)N=C(N)c2ccccc2)c2ccccc2)cn1. The molecule has 0 saturated heterocycles. The molecule has 28 heavy (non-hydrogen) atoms. The minimum atomic E-state index is -0.961. The number of hydrogen-bond acceptors (Lipinski definition) is 3. The van der Waals surface area contributed by atoms with Crippen molar-refractivity contribution in [1.82, 2.24) is 10.3 Å². The van der Waals surface area contributed by atoms with Gasteiger partial charge in [0.05, 0.1) is 5.56 Å². The number of rotatable bonds is 5. The molecule has 0 saturated carbocycles. The standard InChI is InChI=1S/C22H20N4O2/c1-15-12-13-18(14-24-15)21(27)25-19(16-8-4-2-5-9-16)22(28)26-20(23)17-10-6-3-7-11-17/h2-14,19H,1H3,(H,25,27)(H2,23,26,28). The minimum Gasteiger partial charge on any atom is -0.383 e. The number of nitrogens with one attached hydrogen (secondary N) is 1. The fraction of sp³-hybridized carbons (Fsp3) is 0.0909.